The smallest absolute Gasteiger partial charge is 0.224 e. The standard InChI is InChI=1S/C16H23ClN2O3S/c1-2-9-23(21,22)19-8-4-6-14(12-19)16(20)18-11-13-5-3-7-15(17)10-13/h3,5,7,10,14H,2,4,6,8-9,11-12H2,1H3,(H,18,20)/t14-/m1/s1. The molecule has 0 radical (unpaired) electrons. The number of rotatable bonds is 6. The summed E-state index contributed by atoms with van der Waals surface area (Å²) in [6.45, 7) is 3.04. The lowest BCUT2D eigenvalue weighted by Gasteiger charge is -2.31. The fourth-order valence-corrected chi connectivity index (χ4v) is 4.58. The molecule has 128 valence electrons. The Morgan fingerprint density at radius 1 is 1.43 bits per heavy atom. The molecule has 1 aromatic carbocycles. The van der Waals surface area contributed by atoms with Crippen LogP contribution in [0.3, 0.4) is 0 Å². The molecule has 1 aliphatic rings. The average molecular weight is 359 g/mol. The minimum atomic E-state index is -3.24. The number of halogens is 1. The largest absolute Gasteiger partial charge is 0.352 e. The van der Waals surface area contributed by atoms with E-state index in [0.717, 1.165) is 18.4 Å². The molecule has 1 saturated heterocycles. The van der Waals surface area contributed by atoms with Crippen LogP contribution in [0.2, 0.25) is 5.02 Å². The van der Waals surface area contributed by atoms with E-state index in [1.54, 1.807) is 12.1 Å². The van der Waals surface area contributed by atoms with Gasteiger partial charge in [0.2, 0.25) is 15.9 Å². The van der Waals surface area contributed by atoms with Gasteiger partial charge in [0.1, 0.15) is 0 Å². The number of carbonyl (C=O) groups is 1. The topological polar surface area (TPSA) is 66.5 Å². The van der Waals surface area contributed by atoms with Crippen LogP contribution >= 0.6 is 11.6 Å². The van der Waals surface area contributed by atoms with Crippen LogP contribution < -0.4 is 5.32 Å². The van der Waals surface area contributed by atoms with Crippen molar-refractivity contribution in [1.29, 1.82) is 0 Å². The first-order valence-electron chi connectivity index (χ1n) is 7.92. The maximum absolute atomic E-state index is 12.3. The summed E-state index contributed by atoms with van der Waals surface area (Å²) in [7, 11) is -3.24. The normalized spacial score (nSPS) is 19.5. The fraction of sp³-hybridized carbons (Fsp3) is 0.562. The van der Waals surface area contributed by atoms with E-state index in [0.29, 0.717) is 24.5 Å². The van der Waals surface area contributed by atoms with Crippen molar-refractivity contribution in [3.8, 4) is 0 Å². The van der Waals surface area contributed by atoms with Gasteiger partial charge in [0, 0.05) is 24.7 Å². The molecular weight excluding hydrogens is 336 g/mol. The van der Waals surface area contributed by atoms with Crippen LogP contribution in [0.25, 0.3) is 0 Å². The van der Waals surface area contributed by atoms with Crippen LogP contribution in [0.5, 0.6) is 0 Å². The van der Waals surface area contributed by atoms with E-state index < -0.39 is 10.0 Å². The summed E-state index contributed by atoms with van der Waals surface area (Å²) in [5.74, 6) is -0.236. The number of nitrogens with one attached hydrogen (secondary N) is 1. The Balaban J connectivity index is 1.92. The van der Waals surface area contributed by atoms with Crippen molar-refractivity contribution in [1.82, 2.24) is 9.62 Å². The van der Waals surface area contributed by atoms with Crippen molar-refractivity contribution in [3.05, 3.63) is 34.9 Å². The van der Waals surface area contributed by atoms with Gasteiger partial charge in [-0.3, -0.25) is 4.79 Å². The molecule has 5 nitrogen and oxygen atoms in total. The Kier molecular flexibility index (Phi) is 6.44. The Bertz CT molecular complexity index is 648. The van der Waals surface area contributed by atoms with Crippen LogP contribution in [0.1, 0.15) is 31.7 Å². The zero-order chi connectivity index (χ0) is 16.9. The molecule has 7 heteroatoms. The minimum absolute atomic E-state index is 0.0960. The highest BCUT2D eigenvalue weighted by Gasteiger charge is 2.31. The molecule has 0 saturated carbocycles. The summed E-state index contributed by atoms with van der Waals surface area (Å²) in [5.41, 5.74) is 0.928. The van der Waals surface area contributed by atoms with E-state index in [9.17, 15) is 13.2 Å². The number of hydrogen-bond acceptors (Lipinski definition) is 3. The number of nitrogens with zero attached hydrogens (tertiary/aromatic N) is 1. The van der Waals surface area contributed by atoms with Crippen molar-refractivity contribution >= 4 is 27.5 Å². The predicted molar refractivity (Wildman–Crippen MR) is 91.7 cm³/mol. The third-order valence-electron chi connectivity index (χ3n) is 3.97. The summed E-state index contributed by atoms with van der Waals surface area (Å²) in [6.07, 6.45) is 2.03. The van der Waals surface area contributed by atoms with Gasteiger partial charge in [-0.1, -0.05) is 30.7 Å². The van der Waals surface area contributed by atoms with E-state index >= 15 is 0 Å². The second kappa shape index (κ2) is 8.13. The lowest BCUT2D eigenvalue weighted by molar-refractivity contribution is -0.126. The lowest BCUT2D eigenvalue weighted by atomic mass is 9.99. The van der Waals surface area contributed by atoms with E-state index in [1.165, 1.54) is 4.31 Å². The highest BCUT2D eigenvalue weighted by atomic mass is 35.5. The second-order valence-electron chi connectivity index (χ2n) is 5.86. The quantitative estimate of drug-likeness (QED) is 0.849. The third-order valence-corrected chi connectivity index (χ3v) is 6.24. The van der Waals surface area contributed by atoms with Gasteiger partial charge < -0.3 is 5.32 Å². The van der Waals surface area contributed by atoms with Gasteiger partial charge >= 0.3 is 0 Å². The molecule has 0 bridgehead atoms. The number of amides is 1. The zero-order valence-electron chi connectivity index (χ0n) is 13.3. The zero-order valence-corrected chi connectivity index (χ0v) is 14.9. The van der Waals surface area contributed by atoms with E-state index in [-0.39, 0.29) is 24.1 Å². The Hall–Kier alpha value is -1.11. The fourth-order valence-electron chi connectivity index (χ4n) is 2.78. The molecule has 1 aliphatic heterocycles. The first kappa shape index (κ1) is 18.2. The lowest BCUT2D eigenvalue weighted by Crippen LogP contribution is -2.45. The van der Waals surface area contributed by atoms with Gasteiger partial charge in [-0.05, 0) is 37.0 Å². The number of piperidine rings is 1. The van der Waals surface area contributed by atoms with Crippen LogP contribution in [-0.4, -0.2) is 37.5 Å². The summed E-state index contributed by atoms with van der Waals surface area (Å²) in [5, 5.41) is 3.51. The van der Waals surface area contributed by atoms with Crippen molar-refractivity contribution in [3.63, 3.8) is 0 Å². The minimum Gasteiger partial charge on any atom is -0.352 e. The molecular formula is C16H23ClN2O3S. The summed E-state index contributed by atoms with van der Waals surface area (Å²) >= 11 is 5.92. The molecule has 0 aliphatic carbocycles. The molecule has 1 heterocycles. The molecule has 0 spiro atoms. The van der Waals surface area contributed by atoms with Gasteiger partial charge in [-0.15, -0.1) is 0 Å². The van der Waals surface area contributed by atoms with Crippen molar-refractivity contribution in [2.24, 2.45) is 5.92 Å². The first-order valence-corrected chi connectivity index (χ1v) is 9.91. The maximum atomic E-state index is 12.3. The van der Waals surface area contributed by atoms with E-state index in [4.69, 9.17) is 11.6 Å². The van der Waals surface area contributed by atoms with Gasteiger partial charge in [0.05, 0.1) is 11.7 Å². The van der Waals surface area contributed by atoms with Crippen LogP contribution in [0.15, 0.2) is 24.3 Å². The molecule has 0 aromatic heterocycles. The van der Waals surface area contributed by atoms with Crippen LogP contribution in [0.4, 0.5) is 0 Å². The Morgan fingerprint density at radius 3 is 2.91 bits per heavy atom. The molecule has 0 unspecified atom stereocenters. The summed E-state index contributed by atoms with van der Waals surface area (Å²) in [6, 6.07) is 7.32. The third kappa shape index (κ3) is 5.19. The molecule has 1 amide bonds. The van der Waals surface area contributed by atoms with Crippen LogP contribution in [-0.2, 0) is 21.4 Å². The average Bonchev–Trinajstić information content (AvgIpc) is 2.53. The van der Waals surface area contributed by atoms with Crippen molar-refractivity contribution in [2.75, 3.05) is 18.8 Å². The number of benzene rings is 1. The van der Waals surface area contributed by atoms with Crippen molar-refractivity contribution in [2.45, 2.75) is 32.7 Å². The number of sulfonamides is 1. The van der Waals surface area contributed by atoms with E-state index in [1.807, 2.05) is 19.1 Å². The van der Waals surface area contributed by atoms with Gasteiger partial charge in [0.15, 0.2) is 0 Å². The summed E-state index contributed by atoms with van der Waals surface area (Å²) in [4.78, 5) is 12.3. The maximum Gasteiger partial charge on any atom is 0.224 e. The molecule has 2 rings (SSSR count). The Morgan fingerprint density at radius 2 is 2.22 bits per heavy atom. The SMILES string of the molecule is CCCS(=O)(=O)N1CCC[C@@H](C(=O)NCc2cccc(Cl)c2)C1. The highest BCUT2D eigenvalue weighted by molar-refractivity contribution is 7.89. The monoisotopic (exact) mass is 358 g/mol. The first-order chi connectivity index (χ1) is 10.9. The highest BCUT2D eigenvalue weighted by Crippen LogP contribution is 2.20. The van der Waals surface area contributed by atoms with Crippen LogP contribution in [0, 0.1) is 5.92 Å². The van der Waals surface area contributed by atoms with Crippen molar-refractivity contribution < 1.29 is 13.2 Å². The Labute approximate surface area is 143 Å². The van der Waals surface area contributed by atoms with E-state index in [2.05, 4.69) is 5.32 Å². The van der Waals surface area contributed by atoms with Gasteiger partial charge in [0.25, 0.3) is 0 Å². The molecule has 1 N–H and O–H groups in total. The number of hydrogen-bond donors (Lipinski definition) is 1. The second-order valence-corrected chi connectivity index (χ2v) is 8.39. The number of carbonyl (C=O) groups excluding carboxylic acids is 1. The molecule has 23 heavy (non-hydrogen) atoms. The molecule has 1 aromatic rings. The summed E-state index contributed by atoms with van der Waals surface area (Å²) < 4.78 is 25.8. The van der Waals surface area contributed by atoms with Gasteiger partial charge in [-0.25, -0.2) is 12.7 Å². The predicted octanol–water partition coefficient (Wildman–Crippen LogP) is 2.41. The van der Waals surface area contributed by atoms with Gasteiger partial charge in [-0.2, -0.15) is 0 Å². The molecule has 1 fully saturated rings. The molecule has 1 atom stereocenters.